The number of thioether (sulfide) groups is 1. The van der Waals surface area contributed by atoms with Crippen LogP contribution in [0.2, 0.25) is 0 Å². The number of nitrogens with zero attached hydrogens (tertiary/aromatic N) is 2. The molecule has 2 nitrogen and oxygen atoms in total. The smallest absolute Gasteiger partial charge is 0.237 e. The Morgan fingerprint density at radius 2 is 2.12 bits per heavy atom. The van der Waals surface area contributed by atoms with Crippen molar-refractivity contribution >= 4 is 22.7 Å². The van der Waals surface area contributed by atoms with Gasteiger partial charge >= 0.3 is 0 Å². The molecule has 0 spiro atoms. The summed E-state index contributed by atoms with van der Waals surface area (Å²) in [5, 5.41) is 9.38. The number of pyridine rings is 1. The minimum atomic E-state index is -1.63. The highest BCUT2D eigenvalue weighted by Gasteiger charge is 2.08. The lowest BCUT2D eigenvalue weighted by molar-refractivity contribution is 0.528. The summed E-state index contributed by atoms with van der Waals surface area (Å²) >= 11 is 0.730. The minimum Gasteiger partial charge on any atom is -0.241 e. The fourth-order valence-corrected chi connectivity index (χ4v) is 1.84. The van der Waals surface area contributed by atoms with Gasteiger partial charge in [-0.25, -0.2) is 13.8 Å². The molecule has 1 unspecified atom stereocenters. The molecular formula is C11H6F2N2S. The van der Waals surface area contributed by atoms with E-state index >= 15 is 0 Å². The second-order valence-corrected chi connectivity index (χ2v) is 4.12. The molecule has 1 aromatic carbocycles. The Balaban J connectivity index is 2.38. The van der Waals surface area contributed by atoms with Crippen LogP contribution in [0, 0.1) is 17.1 Å². The van der Waals surface area contributed by atoms with Gasteiger partial charge in [-0.2, -0.15) is 5.26 Å². The maximum absolute atomic E-state index is 12.9. The average molecular weight is 236 g/mol. The monoisotopic (exact) mass is 236 g/mol. The minimum absolute atomic E-state index is 0.338. The molecule has 0 amide bonds. The molecule has 1 aromatic heterocycles. The van der Waals surface area contributed by atoms with E-state index in [-0.39, 0.29) is 5.82 Å². The maximum atomic E-state index is 12.9. The first-order valence-corrected chi connectivity index (χ1v) is 5.33. The van der Waals surface area contributed by atoms with E-state index in [0.717, 1.165) is 11.8 Å². The van der Waals surface area contributed by atoms with Gasteiger partial charge in [-0.05, 0) is 24.3 Å². The Morgan fingerprint density at radius 1 is 1.31 bits per heavy atom. The fraction of sp³-hybridized carbons (Fsp3) is 0.0909. The lowest BCUT2D eigenvalue weighted by Crippen LogP contribution is -1.90. The van der Waals surface area contributed by atoms with Gasteiger partial charge in [0, 0.05) is 5.39 Å². The molecule has 80 valence electrons. The molecular weight excluding hydrogens is 230 g/mol. The number of halogens is 2. The lowest BCUT2D eigenvalue weighted by atomic mass is 10.2. The van der Waals surface area contributed by atoms with Crippen LogP contribution in [-0.2, 0) is 0 Å². The zero-order valence-corrected chi connectivity index (χ0v) is 8.84. The van der Waals surface area contributed by atoms with Gasteiger partial charge in [-0.1, -0.05) is 17.8 Å². The van der Waals surface area contributed by atoms with Crippen molar-refractivity contribution in [1.29, 1.82) is 5.26 Å². The van der Waals surface area contributed by atoms with Crippen LogP contribution in [-0.4, -0.2) is 10.5 Å². The predicted molar refractivity (Wildman–Crippen MR) is 58.1 cm³/mol. The Hall–Kier alpha value is -1.67. The number of fused-ring (bicyclic) bond motifs is 1. The molecule has 16 heavy (non-hydrogen) atoms. The van der Waals surface area contributed by atoms with E-state index in [1.807, 2.05) is 0 Å². The van der Waals surface area contributed by atoms with Gasteiger partial charge in [0.25, 0.3) is 0 Å². The van der Waals surface area contributed by atoms with Crippen molar-refractivity contribution < 1.29 is 8.78 Å². The maximum Gasteiger partial charge on any atom is 0.237 e. The van der Waals surface area contributed by atoms with E-state index in [4.69, 9.17) is 5.26 Å². The molecule has 2 aromatic rings. The third-order valence-corrected chi connectivity index (χ3v) is 2.73. The van der Waals surface area contributed by atoms with Crippen molar-refractivity contribution in [3.05, 3.63) is 36.1 Å². The lowest BCUT2D eigenvalue weighted by Gasteiger charge is -2.02. The Bertz CT molecular complexity index is 565. The summed E-state index contributed by atoms with van der Waals surface area (Å²) in [6, 6.07) is 8.85. The van der Waals surface area contributed by atoms with Crippen LogP contribution in [0.3, 0.4) is 0 Å². The number of hydrogen-bond acceptors (Lipinski definition) is 3. The first-order valence-electron chi connectivity index (χ1n) is 4.46. The van der Waals surface area contributed by atoms with E-state index < -0.39 is 5.50 Å². The first kappa shape index (κ1) is 10.8. The molecule has 0 bridgehead atoms. The van der Waals surface area contributed by atoms with Crippen LogP contribution in [0.25, 0.3) is 10.9 Å². The SMILES string of the molecule is N#CC(F)Sc1ccc2cc(F)ccc2n1. The molecule has 1 heterocycles. The predicted octanol–water partition coefficient (Wildman–Crippen LogP) is 3.29. The zero-order valence-electron chi connectivity index (χ0n) is 8.02. The number of aromatic nitrogens is 1. The molecule has 2 rings (SSSR count). The number of alkyl halides is 1. The molecule has 0 radical (unpaired) electrons. The number of rotatable bonds is 2. The van der Waals surface area contributed by atoms with Gasteiger partial charge in [0.15, 0.2) is 0 Å². The summed E-state index contributed by atoms with van der Waals surface area (Å²) in [6.07, 6.45) is 0. The second-order valence-electron chi connectivity index (χ2n) is 3.05. The summed E-state index contributed by atoms with van der Waals surface area (Å²) in [5.74, 6) is -0.338. The Labute approximate surface area is 94.9 Å². The highest BCUT2D eigenvalue weighted by molar-refractivity contribution is 7.99. The number of benzene rings is 1. The van der Waals surface area contributed by atoms with E-state index in [2.05, 4.69) is 4.98 Å². The van der Waals surface area contributed by atoms with Crippen LogP contribution in [0.5, 0.6) is 0 Å². The third-order valence-electron chi connectivity index (χ3n) is 1.95. The van der Waals surface area contributed by atoms with Gasteiger partial charge in [0.05, 0.1) is 5.52 Å². The van der Waals surface area contributed by atoms with E-state index in [0.29, 0.717) is 15.9 Å². The number of hydrogen-bond donors (Lipinski definition) is 0. The van der Waals surface area contributed by atoms with Crippen molar-refractivity contribution in [2.45, 2.75) is 10.5 Å². The largest absolute Gasteiger partial charge is 0.241 e. The van der Waals surface area contributed by atoms with E-state index in [9.17, 15) is 8.78 Å². The van der Waals surface area contributed by atoms with Gasteiger partial charge in [0.2, 0.25) is 5.50 Å². The Morgan fingerprint density at radius 3 is 2.88 bits per heavy atom. The summed E-state index contributed by atoms with van der Waals surface area (Å²) in [4.78, 5) is 4.11. The van der Waals surface area contributed by atoms with Crippen LogP contribution >= 0.6 is 11.8 Å². The number of nitriles is 1. The molecule has 0 aliphatic rings. The van der Waals surface area contributed by atoms with Crippen molar-refractivity contribution in [2.24, 2.45) is 0 Å². The second kappa shape index (κ2) is 4.45. The fourth-order valence-electron chi connectivity index (χ4n) is 1.28. The normalized spacial score (nSPS) is 12.3. The van der Waals surface area contributed by atoms with Crippen LogP contribution in [0.1, 0.15) is 0 Å². The topological polar surface area (TPSA) is 36.7 Å². The van der Waals surface area contributed by atoms with Crippen LogP contribution < -0.4 is 0 Å². The molecule has 5 heteroatoms. The summed E-state index contributed by atoms with van der Waals surface area (Å²) in [6.45, 7) is 0. The average Bonchev–Trinajstić information content (AvgIpc) is 2.29. The van der Waals surface area contributed by atoms with Crippen LogP contribution in [0.15, 0.2) is 35.4 Å². The van der Waals surface area contributed by atoms with Crippen molar-refractivity contribution in [2.75, 3.05) is 0 Å². The van der Waals surface area contributed by atoms with Crippen molar-refractivity contribution in [1.82, 2.24) is 4.98 Å². The van der Waals surface area contributed by atoms with Crippen LogP contribution in [0.4, 0.5) is 8.78 Å². The summed E-state index contributed by atoms with van der Waals surface area (Å²) < 4.78 is 25.6. The van der Waals surface area contributed by atoms with E-state index in [1.165, 1.54) is 24.3 Å². The van der Waals surface area contributed by atoms with Gasteiger partial charge in [-0.3, -0.25) is 0 Å². The summed E-state index contributed by atoms with van der Waals surface area (Å²) in [7, 11) is 0. The highest BCUT2D eigenvalue weighted by atomic mass is 32.2. The quantitative estimate of drug-likeness (QED) is 0.751. The molecule has 0 aliphatic heterocycles. The van der Waals surface area contributed by atoms with Crippen molar-refractivity contribution in [3.63, 3.8) is 0 Å². The third kappa shape index (κ3) is 2.28. The van der Waals surface area contributed by atoms with Crippen molar-refractivity contribution in [3.8, 4) is 6.07 Å². The van der Waals surface area contributed by atoms with Gasteiger partial charge in [-0.15, -0.1) is 0 Å². The van der Waals surface area contributed by atoms with E-state index in [1.54, 1.807) is 12.1 Å². The molecule has 0 aliphatic carbocycles. The molecule has 1 atom stereocenters. The standard InChI is InChI=1S/C11H6F2N2S/c12-8-2-3-9-7(5-8)1-4-11(15-9)16-10(13)6-14/h1-5,10H. The highest BCUT2D eigenvalue weighted by Crippen LogP contribution is 2.24. The Kier molecular flexibility index (Phi) is 3.02. The molecule has 0 fully saturated rings. The molecule has 0 saturated heterocycles. The molecule has 0 saturated carbocycles. The first-order chi connectivity index (χ1) is 7.69. The summed E-state index contributed by atoms with van der Waals surface area (Å²) in [5.41, 5.74) is -1.05. The van der Waals surface area contributed by atoms with Gasteiger partial charge < -0.3 is 0 Å². The van der Waals surface area contributed by atoms with Gasteiger partial charge in [0.1, 0.15) is 16.9 Å². The molecule has 0 N–H and O–H groups in total. The zero-order chi connectivity index (χ0) is 11.5.